The number of rotatable bonds is 5. The van der Waals surface area contributed by atoms with Crippen LogP contribution in [0, 0.1) is 0 Å². The molecule has 1 aliphatic carbocycles. The maximum Gasteiger partial charge on any atom is 0.227 e. The number of aryl methyl sites for hydroxylation is 1. The number of fused-ring (bicyclic) bond motifs is 1. The number of ether oxygens (including phenoxy) is 1. The van der Waals surface area contributed by atoms with Crippen LogP contribution < -0.4 is 5.32 Å². The summed E-state index contributed by atoms with van der Waals surface area (Å²) in [4.78, 5) is 11.2. The Morgan fingerprint density at radius 2 is 2.06 bits per heavy atom. The first-order valence-corrected chi connectivity index (χ1v) is 12.2. The molecule has 180 valence electrons. The molecular weight excluding hydrogens is 459 g/mol. The van der Waals surface area contributed by atoms with E-state index in [4.69, 9.17) is 21.3 Å². The van der Waals surface area contributed by atoms with Crippen LogP contribution in [0.15, 0.2) is 24.5 Å². The topological polar surface area (TPSA) is 88.3 Å². The number of anilines is 2. The van der Waals surface area contributed by atoms with Gasteiger partial charge in [0.2, 0.25) is 5.95 Å². The summed E-state index contributed by atoms with van der Waals surface area (Å²) >= 11 is 6.60. The van der Waals surface area contributed by atoms with Crippen molar-refractivity contribution in [2.75, 3.05) is 31.6 Å². The van der Waals surface area contributed by atoms with Gasteiger partial charge in [-0.15, -0.1) is 0 Å². The highest BCUT2D eigenvalue weighted by Gasteiger charge is 2.39. The molecule has 3 fully saturated rings. The second kappa shape index (κ2) is 8.71. The zero-order valence-corrected chi connectivity index (χ0v) is 19.7. The van der Waals surface area contributed by atoms with Crippen LogP contribution in [0.1, 0.15) is 42.4 Å². The van der Waals surface area contributed by atoms with Crippen LogP contribution in [-0.2, 0) is 11.8 Å². The van der Waals surface area contributed by atoms with Crippen LogP contribution in [-0.4, -0.2) is 74.4 Å². The minimum atomic E-state index is -1.09. The van der Waals surface area contributed by atoms with E-state index in [1.54, 1.807) is 6.20 Å². The maximum absolute atomic E-state index is 15.4. The lowest BCUT2D eigenvalue weighted by Crippen LogP contribution is -2.50. The van der Waals surface area contributed by atoms with Gasteiger partial charge in [0.25, 0.3) is 0 Å². The summed E-state index contributed by atoms with van der Waals surface area (Å²) in [7, 11) is 1.95. The highest BCUT2D eigenvalue weighted by atomic mass is 35.5. The largest absolute Gasteiger partial charge is 0.389 e. The molecule has 8 nitrogen and oxygen atoms in total. The monoisotopic (exact) mass is 486 g/mol. The number of aliphatic hydroxyl groups is 1. The number of benzene rings is 1. The molecule has 1 saturated carbocycles. The van der Waals surface area contributed by atoms with E-state index in [9.17, 15) is 5.11 Å². The molecule has 34 heavy (non-hydrogen) atoms. The van der Waals surface area contributed by atoms with Gasteiger partial charge in [0, 0.05) is 42.0 Å². The lowest BCUT2D eigenvalue weighted by molar-refractivity contribution is 0.0353. The van der Waals surface area contributed by atoms with E-state index in [-0.39, 0.29) is 18.5 Å². The highest BCUT2D eigenvalue weighted by Crippen LogP contribution is 2.43. The normalized spacial score (nSPS) is 28.0. The van der Waals surface area contributed by atoms with Crippen molar-refractivity contribution in [3.05, 3.63) is 40.8 Å². The number of halogens is 2. The van der Waals surface area contributed by atoms with E-state index in [2.05, 4.69) is 15.4 Å². The summed E-state index contributed by atoms with van der Waals surface area (Å²) in [5, 5.41) is 19.2. The van der Waals surface area contributed by atoms with E-state index >= 15 is 4.39 Å². The van der Waals surface area contributed by atoms with Crippen molar-refractivity contribution in [1.82, 2.24) is 24.6 Å². The van der Waals surface area contributed by atoms with Crippen molar-refractivity contribution in [2.45, 2.75) is 49.4 Å². The van der Waals surface area contributed by atoms with Gasteiger partial charge in [-0.25, -0.2) is 14.4 Å². The molecule has 3 aliphatic rings. The lowest BCUT2D eigenvalue weighted by Gasteiger charge is -2.39. The summed E-state index contributed by atoms with van der Waals surface area (Å²) in [6, 6.07) is 3.58. The predicted octanol–water partition coefficient (Wildman–Crippen LogP) is 3.52. The summed E-state index contributed by atoms with van der Waals surface area (Å²) in [6.45, 7) is 1.70. The molecule has 0 bridgehead atoms. The number of aliphatic hydroxyl groups excluding tert-OH is 1. The average Bonchev–Trinajstić information content (AvgIpc) is 3.45. The molecule has 1 aromatic carbocycles. The Morgan fingerprint density at radius 3 is 2.79 bits per heavy atom. The first kappa shape index (κ1) is 22.2. The van der Waals surface area contributed by atoms with Crippen LogP contribution in [0.5, 0.6) is 0 Å². The van der Waals surface area contributed by atoms with Crippen molar-refractivity contribution in [1.29, 1.82) is 0 Å². The van der Waals surface area contributed by atoms with E-state index in [0.29, 0.717) is 43.1 Å². The molecule has 2 aromatic heterocycles. The van der Waals surface area contributed by atoms with Crippen LogP contribution in [0.2, 0.25) is 5.02 Å². The standard InChI is InChI=1S/C24H28ClFN6O2/c1-31-23(13-2-3-13)20(9-28-31)30-24-27-8-14-6-17(25)16(7-19(14)29-24)15-4-5-32(10-18(15)26)21-11-34-12-22(21)33/h6-9,13,15,18,21-22,33H,2-5,10-12H2,1H3,(H,27,29,30)/t15-,18+,21+,22-/m1/s1. The van der Waals surface area contributed by atoms with Gasteiger partial charge < -0.3 is 15.2 Å². The Morgan fingerprint density at radius 1 is 1.21 bits per heavy atom. The third kappa shape index (κ3) is 4.04. The number of piperidine rings is 1. The maximum atomic E-state index is 15.4. The van der Waals surface area contributed by atoms with Crippen LogP contribution in [0.3, 0.4) is 0 Å². The Labute approximate surface area is 202 Å². The van der Waals surface area contributed by atoms with Gasteiger partial charge >= 0.3 is 0 Å². The number of alkyl halides is 1. The number of nitrogens with zero attached hydrogens (tertiary/aromatic N) is 5. The molecule has 4 atom stereocenters. The first-order valence-electron chi connectivity index (χ1n) is 11.9. The second-order valence-electron chi connectivity index (χ2n) is 9.67. The van der Waals surface area contributed by atoms with Crippen molar-refractivity contribution in [3.63, 3.8) is 0 Å². The molecule has 6 rings (SSSR count). The molecule has 4 heterocycles. The average molecular weight is 487 g/mol. The molecule has 2 saturated heterocycles. The van der Waals surface area contributed by atoms with Gasteiger partial charge in [-0.1, -0.05) is 11.6 Å². The zero-order valence-electron chi connectivity index (χ0n) is 19.0. The first-order chi connectivity index (χ1) is 16.5. The molecule has 10 heteroatoms. The Bertz CT molecular complexity index is 1220. The molecule has 2 aliphatic heterocycles. The van der Waals surface area contributed by atoms with Gasteiger partial charge in [0.05, 0.1) is 48.5 Å². The molecule has 0 spiro atoms. The van der Waals surface area contributed by atoms with E-state index < -0.39 is 12.3 Å². The molecule has 3 aromatic rings. The number of hydrogen-bond donors (Lipinski definition) is 2. The summed E-state index contributed by atoms with van der Waals surface area (Å²) in [6.07, 6.45) is 4.86. The zero-order chi connectivity index (χ0) is 23.4. The fraction of sp³-hybridized carbons (Fsp3) is 0.542. The fourth-order valence-electron chi connectivity index (χ4n) is 5.38. The number of aromatic nitrogens is 4. The van der Waals surface area contributed by atoms with Crippen LogP contribution >= 0.6 is 11.6 Å². The fourth-order valence-corrected chi connectivity index (χ4v) is 5.69. The molecule has 0 unspecified atom stereocenters. The predicted molar refractivity (Wildman–Crippen MR) is 127 cm³/mol. The number of likely N-dealkylation sites (tertiary alicyclic amines) is 1. The molecule has 0 radical (unpaired) electrons. The van der Waals surface area contributed by atoms with Crippen LogP contribution in [0.4, 0.5) is 16.0 Å². The third-order valence-corrected chi connectivity index (χ3v) is 7.68. The van der Waals surface area contributed by atoms with Crippen molar-refractivity contribution < 1.29 is 14.2 Å². The van der Waals surface area contributed by atoms with Gasteiger partial charge in [-0.2, -0.15) is 5.10 Å². The van der Waals surface area contributed by atoms with Gasteiger partial charge in [0.15, 0.2) is 0 Å². The Kier molecular flexibility index (Phi) is 5.68. The Hall–Kier alpha value is -2.33. The minimum Gasteiger partial charge on any atom is -0.389 e. The lowest BCUT2D eigenvalue weighted by atomic mass is 9.86. The van der Waals surface area contributed by atoms with Gasteiger partial charge in [0.1, 0.15) is 6.17 Å². The second-order valence-corrected chi connectivity index (χ2v) is 10.1. The van der Waals surface area contributed by atoms with E-state index in [0.717, 1.165) is 22.2 Å². The van der Waals surface area contributed by atoms with Gasteiger partial charge in [-0.3, -0.25) is 9.58 Å². The van der Waals surface area contributed by atoms with Crippen molar-refractivity contribution >= 4 is 34.1 Å². The summed E-state index contributed by atoms with van der Waals surface area (Å²) in [5.74, 6) is 0.696. The number of hydrogen-bond acceptors (Lipinski definition) is 7. The third-order valence-electron chi connectivity index (χ3n) is 7.36. The summed E-state index contributed by atoms with van der Waals surface area (Å²) < 4.78 is 22.6. The van der Waals surface area contributed by atoms with E-state index in [1.807, 2.05) is 35.0 Å². The number of nitrogens with one attached hydrogen (secondary N) is 1. The van der Waals surface area contributed by atoms with Crippen LogP contribution in [0.25, 0.3) is 10.9 Å². The van der Waals surface area contributed by atoms with E-state index in [1.165, 1.54) is 18.5 Å². The van der Waals surface area contributed by atoms with Crippen molar-refractivity contribution in [3.8, 4) is 0 Å². The molecule has 0 amide bonds. The minimum absolute atomic E-state index is 0.138. The Balaban J connectivity index is 1.24. The van der Waals surface area contributed by atoms with Gasteiger partial charge in [-0.05, 0) is 43.5 Å². The SMILES string of the molecule is Cn1ncc(Nc2ncc3cc(Cl)c([C@H]4CCN([C@H]5COC[C@H]5O)C[C@@H]4F)cc3n2)c1C1CC1. The highest BCUT2D eigenvalue weighted by molar-refractivity contribution is 6.32. The summed E-state index contributed by atoms with van der Waals surface area (Å²) in [5.41, 5.74) is 3.59. The van der Waals surface area contributed by atoms with Crippen molar-refractivity contribution in [2.24, 2.45) is 7.05 Å². The molecular formula is C24H28ClFN6O2. The smallest absolute Gasteiger partial charge is 0.227 e. The molecule has 2 N–H and O–H groups in total. The quantitative estimate of drug-likeness (QED) is 0.570.